The summed E-state index contributed by atoms with van der Waals surface area (Å²) in [6.07, 6.45) is 110. The highest BCUT2D eigenvalue weighted by Crippen LogP contribution is 2.19. The van der Waals surface area contributed by atoms with Crippen LogP contribution in [0.5, 0.6) is 0 Å². The van der Waals surface area contributed by atoms with Gasteiger partial charge in [-0.3, -0.25) is 9.59 Å². The van der Waals surface area contributed by atoms with E-state index in [0.717, 1.165) is 96.3 Å². The van der Waals surface area contributed by atoms with Gasteiger partial charge in [0.1, 0.15) is 13.2 Å². The van der Waals surface area contributed by atoms with E-state index in [1.165, 1.54) is 244 Å². The van der Waals surface area contributed by atoms with Gasteiger partial charge in [-0.2, -0.15) is 0 Å². The number of likely N-dealkylation sites (N-methyl/N-ethyl adjacent to an activating group) is 1. The SMILES string of the molecule is CC/C=C\C/C=C\C/C=C\C/C=C\C/C=C\C/C=C\C/C=C\C/C=C\CCCCCCCCCCCCCCCCCCC(=O)OC(COC(=O)CCCCCCCCCCCCCCCCCCCCCCC/C=C\C/C=C\CCCCCCC)COC(OCC[N+](C)(C)C)C(=O)[O-]. The molecule has 9 heteroatoms. The Balaban J connectivity index is 4.01. The lowest BCUT2D eigenvalue weighted by molar-refractivity contribution is -0.870. The monoisotopic (exact) mass is 1380 g/mol. The zero-order chi connectivity index (χ0) is 71.8. The maximum Gasteiger partial charge on any atom is 0.306 e. The lowest BCUT2D eigenvalue weighted by Gasteiger charge is -2.26. The Labute approximate surface area is 612 Å². The van der Waals surface area contributed by atoms with E-state index in [1.807, 2.05) is 21.1 Å². The van der Waals surface area contributed by atoms with Gasteiger partial charge in [0.25, 0.3) is 0 Å². The third kappa shape index (κ3) is 80.9. The van der Waals surface area contributed by atoms with Crippen LogP contribution in [0.25, 0.3) is 0 Å². The van der Waals surface area contributed by atoms with Crippen molar-refractivity contribution in [2.24, 2.45) is 0 Å². The van der Waals surface area contributed by atoms with Crippen LogP contribution in [0.15, 0.2) is 122 Å². The number of carboxylic acids is 1. The number of quaternary nitrogens is 1. The summed E-state index contributed by atoms with van der Waals surface area (Å²) >= 11 is 0. The van der Waals surface area contributed by atoms with Crippen molar-refractivity contribution in [3.8, 4) is 0 Å². The third-order valence-electron chi connectivity index (χ3n) is 18.2. The Kier molecular flexibility index (Phi) is 75.9. The largest absolute Gasteiger partial charge is 0.545 e. The molecule has 0 aliphatic heterocycles. The summed E-state index contributed by atoms with van der Waals surface area (Å²) in [5.74, 6) is -2.26. The first-order valence-electron chi connectivity index (χ1n) is 41.7. The molecule has 0 bridgehead atoms. The van der Waals surface area contributed by atoms with Crippen LogP contribution < -0.4 is 5.11 Å². The molecule has 9 nitrogen and oxygen atoms in total. The van der Waals surface area contributed by atoms with Crippen molar-refractivity contribution in [2.75, 3.05) is 47.5 Å². The number of carboxylic acid groups (broad SMARTS) is 1. The zero-order valence-corrected chi connectivity index (χ0v) is 65.3. The molecule has 2 unspecified atom stereocenters. The minimum atomic E-state index is -1.63. The van der Waals surface area contributed by atoms with E-state index in [2.05, 4.69) is 135 Å². The fourth-order valence-corrected chi connectivity index (χ4v) is 11.9. The predicted molar refractivity (Wildman–Crippen MR) is 426 cm³/mol. The molecular formula is C90H157NO8. The predicted octanol–water partition coefficient (Wildman–Crippen LogP) is 25.7. The molecule has 0 aliphatic carbocycles. The van der Waals surface area contributed by atoms with Gasteiger partial charge >= 0.3 is 11.9 Å². The summed E-state index contributed by atoms with van der Waals surface area (Å²) in [5.41, 5.74) is 0. The van der Waals surface area contributed by atoms with Crippen molar-refractivity contribution in [2.45, 2.75) is 386 Å². The summed E-state index contributed by atoms with van der Waals surface area (Å²) in [6.45, 7) is 4.67. The number of esters is 2. The van der Waals surface area contributed by atoms with E-state index in [-0.39, 0.29) is 32.2 Å². The first kappa shape index (κ1) is 94.7. The second-order valence-electron chi connectivity index (χ2n) is 29.0. The van der Waals surface area contributed by atoms with Crippen LogP contribution in [-0.4, -0.2) is 82.3 Å². The molecule has 0 fully saturated rings. The molecule has 2 atom stereocenters. The maximum atomic E-state index is 13.0. The number of aliphatic carboxylic acids is 1. The van der Waals surface area contributed by atoms with Crippen LogP contribution in [0.4, 0.5) is 0 Å². The lowest BCUT2D eigenvalue weighted by Crippen LogP contribution is -2.44. The average molecular weight is 1380 g/mol. The summed E-state index contributed by atoms with van der Waals surface area (Å²) in [6, 6.07) is 0. The van der Waals surface area contributed by atoms with Crippen molar-refractivity contribution in [3.63, 3.8) is 0 Å². The Bertz CT molecular complexity index is 2050. The maximum absolute atomic E-state index is 13.0. The first-order valence-corrected chi connectivity index (χ1v) is 41.7. The van der Waals surface area contributed by atoms with Gasteiger partial charge in [0.2, 0.25) is 0 Å². The van der Waals surface area contributed by atoms with Crippen LogP contribution in [0.2, 0.25) is 0 Å². The normalized spacial score (nSPS) is 13.3. The molecular weight excluding hydrogens is 1220 g/mol. The van der Waals surface area contributed by atoms with Crippen LogP contribution >= 0.6 is 0 Å². The van der Waals surface area contributed by atoms with Crippen molar-refractivity contribution in [1.82, 2.24) is 0 Å². The Morgan fingerprint density at radius 3 is 0.859 bits per heavy atom. The Hall–Kier alpha value is -4.31. The highest BCUT2D eigenvalue weighted by molar-refractivity contribution is 5.70. The molecule has 0 rings (SSSR count). The number of hydrogen-bond acceptors (Lipinski definition) is 8. The number of hydrogen-bond donors (Lipinski definition) is 0. The van der Waals surface area contributed by atoms with Gasteiger partial charge in [0, 0.05) is 12.8 Å². The molecule has 0 amide bonds. The number of rotatable bonds is 77. The summed E-state index contributed by atoms with van der Waals surface area (Å²) < 4.78 is 22.9. The second kappa shape index (κ2) is 79.4. The number of carbonyl (C=O) groups excluding carboxylic acids is 3. The van der Waals surface area contributed by atoms with Gasteiger partial charge in [-0.25, -0.2) is 0 Å². The molecule has 0 saturated carbocycles. The minimum absolute atomic E-state index is 0.146. The molecule has 0 aliphatic rings. The standard InChI is InChI=1S/C90H157NO8/c1-6-8-10-12-14-16-18-20-22-24-26-28-30-32-34-36-38-40-41-42-43-44-45-46-47-49-51-53-55-57-59-61-63-65-67-69-71-73-75-77-79-81-88(93)99-86(85-98-90(89(94)95)96-83-82-91(3,4)5)84-97-87(92)80-78-76-74-72-70-68-66-64-62-60-58-56-54-52-50-48-39-37-35-33-31-29-27-25-23-21-19-17-15-13-11-9-7-2/h8,10,14,16,19-22,25-28,32,34,38,40,42-43,45-46,86,90H,6-7,9,11-13,15,17-18,23-24,29-31,33,35-37,39,41,44,47-85H2,1-5H3/b10-8-,16-14-,21-19-,22-20-,27-25-,28-26-,34-32-,40-38-,43-42-,46-45-. The zero-order valence-electron chi connectivity index (χ0n) is 65.3. The lowest BCUT2D eigenvalue weighted by atomic mass is 10.0. The fraction of sp³-hybridized carbons (Fsp3) is 0.744. The molecule has 0 aromatic rings. The van der Waals surface area contributed by atoms with Gasteiger partial charge in [-0.1, -0.05) is 373 Å². The molecule has 0 N–H and O–H groups in total. The fourth-order valence-electron chi connectivity index (χ4n) is 11.9. The number of carbonyl (C=O) groups is 3. The van der Waals surface area contributed by atoms with Gasteiger partial charge < -0.3 is 33.3 Å². The Morgan fingerprint density at radius 2 is 0.576 bits per heavy atom. The molecule has 0 spiro atoms. The molecule has 0 aromatic heterocycles. The van der Waals surface area contributed by atoms with Crippen molar-refractivity contribution in [1.29, 1.82) is 0 Å². The number of ether oxygens (including phenoxy) is 4. The van der Waals surface area contributed by atoms with E-state index in [0.29, 0.717) is 23.9 Å². The van der Waals surface area contributed by atoms with Crippen LogP contribution in [0, 0.1) is 0 Å². The molecule has 0 aromatic carbocycles. The van der Waals surface area contributed by atoms with Crippen molar-refractivity contribution < 1.29 is 42.9 Å². The van der Waals surface area contributed by atoms with E-state index >= 15 is 0 Å². The van der Waals surface area contributed by atoms with E-state index in [9.17, 15) is 19.5 Å². The van der Waals surface area contributed by atoms with Gasteiger partial charge in [0.05, 0.1) is 40.3 Å². The van der Waals surface area contributed by atoms with Gasteiger partial charge in [-0.05, 0) is 109 Å². The number of nitrogens with zero attached hydrogens (tertiary/aromatic N) is 1. The van der Waals surface area contributed by atoms with Crippen LogP contribution in [-0.2, 0) is 33.3 Å². The van der Waals surface area contributed by atoms with Crippen molar-refractivity contribution >= 4 is 17.9 Å². The van der Waals surface area contributed by atoms with Gasteiger partial charge in [-0.15, -0.1) is 0 Å². The topological polar surface area (TPSA) is 111 Å². The van der Waals surface area contributed by atoms with Crippen LogP contribution in [0.1, 0.15) is 373 Å². The second-order valence-corrected chi connectivity index (χ2v) is 29.0. The van der Waals surface area contributed by atoms with E-state index in [4.69, 9.17) is 18.9 Å². The average Bonchev–Trinajstić information content (AvgIpc) is 2.62. The molecule has 0 radical (unpaired) electrons. The Morgan fingerprint density at radius 1 is 0.313 bits per heavy atom. The highest BCUT2D eigenvalue weighted by Gasteiger charge is 2.22. The number of allylic oxidation sites excluding steroid dienone is 20. The first-order chi connectivity index (χ1) is 48.6. The summed E-state index contributed by atoms with van der Waals surface area (Å²) in [4.78, 5) is 37.6. The third-order valence-corrected chi connectivity index (χ3v) is 18.2. The van der Waals surface area contributed by atoms with E-state index in [1.54, 1.807) is 0 Å². The van der Waals surface area contributed by atoms with Gasteiger partial charge in [0.15, 0.2) is 12.4 Å². The molecule has 99 heavy (non-hydrogen) atoms. The molecule has 570 valence electrons. The summed E-state index contributed by atoms with van der Waals surface area (Å²) in [5, 5.41) is 11.9. The highest BCUT2D eigenvalue weighted by atomic mass is 16.7. The number of unbranched alkanes of at least 4 members (excludes halogenated alkanes) is 42. The quantitative estimate of drug-likeness (QED) is 0.0195. The van der Waals surface area contributed by atoms with Crippen molar-refractivity contribution in [3.05, 3.63) is 122 Å². The molecule has 0 saturated heterocycles. The van der Waals surface area contributed by atoms with Crippen LogP contribution in [0.3, 0.4) is 0 Å². The molecule has 0 heterocycles. The van der Waals surface area contributed by atoms with E-state index < -0.39 is 24.3 Å². The minimum Gasteiger partial charge on any atom is -0.545 e. The summed E-state index contributed by atoms with van der Waals surface area (Å²) in [7, 11) is 5.94. The smallest absolute Gasteiger partial charge is 0.306 e.